The number of esters is 1. The molecule has 1 heterocycles. The average molecular weight is 387 g/mol. The number of aliphatic hydroxyl groups excluding tert-OH is 1. The average Bonchev–Trinajstić information content (AvgIpc) is 3.08. The number of nitrogens with one attached hydrogen (secondary N) is 1. The van der Waals surface area contributed by atoms with E-state index in [1.165, 1.54) is 0 Å². The van der Waals surface area contributed by atoms with Crippen LogP contribution in [-0.2, 0) is 29.1 Å². The second-order valence-electron chi connectivity index (χ2n) is 6.59. The Labute approximate surface area is 165 Å². The van der Waals surface area contributed by atoms with E-state index in [0.717, 1.165) is 25.7 Å². The molecule has 0 spiro atoms. The molecular weight excluding hydrogens is 358 g/mol. The van der Waals surface area contributed by atoms with Gasteiger partial charge in [0.25, 0.3) is 5.91 Å². The Hall–Kier alpha value is -2.67. The molecule has 2 aromatic rings. The highest BCUT2D eigenvalue weighted by atomic mass is 16.5. The van der Waals surface area contributed by atoms with Crippen LogP contribution in [0.4, 0.5) is 5.69 Å². The van der Waals surface area contributed by atoms with E-state index in [0.29, 0.717) is 30.2 Å². The van der Waals surface area contributed by atoms with Gasteiger partial charge in [-0.1, -0.05) is 38.3 Å². The first-order valence-corrected chi connectivity index (χ1v) is 9.80. The Kier molecular flexibility index (Phi) is 8.68. The lowest BCUT2D eigenvalue weighted by molar-refractivity contribution is -0.142. The number of nitrogens with zero attached hydrogens (tertiary/aromatic N) is 2. The highest BCUT2D eigenvalue weighted by molar-refractivity contribution is 6.02. The van der Waals surface area contributed by atoms with Crippen molar-refractivity contribution in [2.75, 3.05) is 11.9 Å². The molecule has 28 heavy (non-hydrogen) atoms. The van der Waals surface area contributed by atoms with Gasteiger partial charge >= 0.3 is 5.97 Å². The minimum atomic E-state index is -0.356. The van der Waals surface area contributed by atoms with E-state index in [2.05, 4.69) is 17.2 Å². The third-order valence-electron chi connectivity index (χ3n) is 4.32. The Balaban J connectivity index is 2.13. The fraction of sp³-hybridized carbons (Fsp3) is 0.476. The van der Waals surface area contributed by atoms with Crippen molar-refractivity contribution in [1.29, 1.82) is 0 Å². The summed E-state index contributed by atoms with van der Waals surface area (Å²) in [6, 6.07) is 7.00. The van der Waals surface area contributed by atoms with E-state index in [1.807, 2.05) is 4.57 Å². The number of aromatic nitrogens is 2. The van der Waals surface area contributed by atoms with E-state index < -0.39 is 0 Å². The summed E-state index contributed by atoms with van der Waals surface area (Å²) in [7, 11) is 0. The number of carbonyl (C=O) groups is 2. The minimum Gasteiger partial charge on any atom is -0.466 e. The monoisotopic (exact) mass is 387 g/mol. The second-order valence-corrected chi connectivity index (χ2v) is 6.59. The van der Waals surface area contributed by atoms with Crippen molar-refractivity contribution in [3.05, 3.63) is 47.5 Å². The molecule has 0 radical (unpaired) electrons. The van der Waals surface area contributed by atoms with E-state index in [4.69, 9.17) is 4.74 Å². The van der Waals surface area contributed by atoms with Gasteiger partial charge in [-0.25, -0.2) is 4.98 Å². The zero-order valence-electron chi connectivity index (χ0n) is 16.6. The first-order valence-electron chi connectivity index (χ1n) is 9.80. The maximum atomic E-state index is 12.6. The number of aliphatic hydroxyl groups is 1. The first-order chi connectivity index (χ1) is 13.6. The molecule has 2 N–H and O–H groups in total. The van der Waals surface area contributed by atoms with Crippen LogP contribution < -0.4 is 5.32 Å². The molecular formula is C21H29N3O4. The molecule has 1 aromatic carbocycles. The topological polar surface area (TPSA) is 93.5 Å². The Morgan fingerprint density at radius 2 is 2.04 bits per heavy atom. The Morgan fingerprint density at radius 1 is 1.21 bits per heavy atom. The van der Waals surface area contributed by atoms with Gasteiger partial charge in [-0.3, -0.25) is 9.59 Å². The van der Waals surface area contributed by atoms with Crippen LogP contribution in [0.2, 0.25) is 0 Å². The van der Waals surface area contributed by atoms with Crippen molar-refractivity contribution in [1.82, 2.24) is 9.55 Å². The number of ether oxygens (including phenoxy) is 1. The van der Waals surface area contributed by atoms with E-state index in [9.17, 15) is 14.7 Å². The largest absolute Gasteiger partial charge is 0.466 e. The summed E-state index contributed by atoms with van der Waals surface area (Å²) in [6.45, 7) is 4.82. The predicted molar refractivity (Wildman–Crippen MR) is 107 cm³/mol. The zero-order chi connectivity index (χ0) is 20.4. The molecule has 0 aliphatic rings. The molecule has 0 saturated heterocycles. The molecule has 1 aromatic heterocycles. The molecule has 0 saturated carbocycles. The standard InChI is InChI=1S/C21H29N3O4/c1-3-5-6-7-11-24-14-18(23-19(24)13-20(26)28-4-2)21(27)22-17-10-8-9-16(12-17)15-25/h8-10,12,14,25H,3-7,11,13,15H2,1-2H3,(H,22,27). The fourth-order valence-electron chi connectivity index (χ4n) is 2.89. The molecule has 0 aliphatic carbocycles. The number of aryl methyl sites for hydroxylation is 1. The van der Waals surface area contributed by atoms with Crippen LogP contribution in [0.3, 0.4) is 0 Å². The molecule has 0 bridgehead atoms. The number of imidazole rings is 1. The zero-order valence-corrected chi connectivity index (χ0v) is 16.6. The van der Waals surface area contributed by atoms with Crippen LogP contribution in [-0.4, -0.2) is 33.1 Å². The number of rotatable bonds is 11. The van der Waals surface area contributed by atoms with Crippen LogP contribution in [0.15, 0.2) is 30.5 Å². The van der Waals surface area contributed by atoms with Gasteiger partial charge in [0.05, 0.1) is 13.2 Å². The van der Waals surface area contributed by atoms with Crippen LogP contribution in [0.25, 0.3) is 0 Å². The van der Waals surface area contributed by atoms with Gasteiger partial charge in [0, 0.05) is 18.4 Å². The SMILES string of the molecule is CCCCCCn1cc(C(=O)Nc2cccc(CO)c2)nc1CC(=O)OCC. The molecule has 0 aliphatic heterocycles. The van der Waals surface area contributed by atoms with Crippen molar-refractivity contribution >= 4 is 17.6 Å². The number of carbonyl (C=O) groups excluding carboxylic acids is 2. The first kappa shape index (κ1) is 21.6. The van der Waals surface area contributed by atoms with Gasteiger partial charge in [0.15, 0.2) is 0 Å². The number of benzene rings is 1. The predicted octanol–water partition coefficient (Wildman–Crippen LogP) is 3.31. The summed E-state index contributed by atoms with van der Waals surface area (Å²) in [5.41, 5.74) is 1.55. The number of amides is 1. The lowest BCUT2D eigenvalue weighted by Gasteiger charge is -2.07. The highest BCUT2D eigenvalue weighted by Gasteiger charge is 2.17. The molecule has 0 fully saturated rings. The van der Waals surface area contributed by atoms with Crippen molar-refractivity contribution in [3.63, 3.8) is 0 Å². The van der Waals surface area contributed by atoms with Crippen LogP contribution in [0.5, 0.6) is 0 Å². The number of hydrogen-bond donors (Lipinski definition) is 2. The third-order valence-corrected chi connectivity index (χ3v) is 4.32. The molecule has 0 unspecified atom stereocenters. The molecule has 7 nitrogen and oxygen atoms in total. The summed E-state index contributed by atoms with van der Waals surface area (Å²) in [5.74, 6) is -0.178. The second kappa shape index (κ2) is 11.2. The lowest BCUT2D eigenvalue weighted by Crippen LogP contribution is -2.13. The maximum Gasteiger partial charge on any atom is 0.313 e. The van der Waals surface area contributed by atoms with Crippen LogP contribution in [0, 0.1) is 0 Å². The van der Waals surface area contributed by atoms with Crippen molar-refractivity contribution in [2.45, 2.75) is 59.1 Å². The molecule has 2 rings (SSSR count). The lowest BCUT2D eigenvalue weighted by atomic mass is 10.2. The quantitative estimate of drug-likeness (QED) is 0.456. The Bertz CT molecular complexity index is 786. The van der Waals surface area contributed by atoms with E-state index in [1.54, 1.807) is 37.4 Å². The normalized spacial score (nSPS) is 10.7. The van der Waals surface area contributed by atoms with Gasteiger partial charge in [-0.2, -0.15) is 0 Å². The molecule has 152 valence electrons. The number of anilines is 1. The van der Waals surface area contributed by atoms with Crippen molar-refractivity contribution in [3.8, 4) is 0 Å². The smallest absolute Gasteiger partial charge is 0.313 e. The van der Waals surface area contributed by atoms with Gasteiger partial charge < -0.3 is 19.7 Å². The molecule has 1 amide bonds. The highest BCUT2D eigenvalue weighted by Crippen LogP contribution is 2.14. The van der Waals surface area contributed by atoms with Crippen LogP contribution in [0.1, 0.15) is 61.4 Å². The summed E-state index contributed by atoms with van der Waals surface area (Å²) in [6.07, 6.45) is 6.06. The summed E-state index contributed by atoms with van der Waals surface area (Å²) >= 11 is 0. The Morgan fingerprint density at radius 3 is 2.75 bits per heavy atom. The van der Waals surface area contributed by atoms with Gasteiger partial charge in [-0.05, 0) is 31.0 Å². The third kappa shape index (κ3) is 6.49. The van der Waals surface area contributed by atoms with Gasteiger partial charge in [-0.15, -0.1) is 0 Å². The number of hydrogen-bond acceptors (Lipinski definition) is 5. The van der Waals surface area contributed by atoms with E-state index >= 15 is 0 Å². The van der Waals surface area contributed by atoms with Crippen LogP contribution >= 0.6 is 0 Å². The summed E-state index contributed by atoms with van der Waals surface area (Å²) in [5, 5.41) is 12.0. The fourth-order valence-corrected chi connectivity index (χ4v) is 2.89. The van der Waals surface area contributed by atoms with Crippen molar-refractivity contribution in [2.24, 2.45) is 0 Å². The molecule has 7 heteroatoms. The van der Waals surface area contributed by atoms with Crippen molar-refractivity contribution < 1.29 is 19.4 Å². The minimum absolute atomic E-state index is 0.0366. The summed E-state index contributed by atoms with van der Waals surface area (Å²) < 4.78 is 6.88. The molecule has 0 atom stereocenters. The number of unbranched alkanes of at least 4 members (excludes halogenated alkanes) is 3. The summed E-state index contributed by atoms with van der Waals surface area (Å²) in [4.78, 5) is 28.9. The van der Waals surface area contributed by atoms with E-state index in [-0.39, 0.29) is 30.6 Å². The van der Waals surface area contributed by atoms with Gasteiger partial charge in [0.1, 0.15) is 17.9 Å². The maximum absolute atomic E-state index is 12.6. The van der Waals surface area contributed by atoms with Gasteiger partial charge in [0.2, 0.25) is 0 Å².